The first-order chi connectivity index (χ1) is 15.8. The highest BCUT2D eigenvalue weighted by Gasteiger charge is 2.51. The lowest BCUT2D eigenvalue weighted by molar-refractivity contribution is -0.143. The molecular weight excluding hydrogens is 463 g/mol. The van der Waals surface area contributed by atoms with Gasteiger partial charge >= 0.3 is 0 Å². The molecule has 0 bridgehead atoms. The number of halogens is 4. The van der Waals surface area contributed by atoms with Crippen LogP contribution in [0, 0.1) is 5.82 Å². The number of carbonyl (C=O) groups excluding carboxylic acids is 1. The Labute approximate surface area is 191 Å². The smallest absolute Gasteiger partial charge is 0.280 e. The largest absolute Gasteiger partial charge is 0.378 e. The second-order valence-corrected chi connectivity index (χ2v) is 8.61. The van der Waals surface area contributed by atoms with E-state index in [1.54, 1.807) is 13.2 Å². The number of hydrogen-bond acceptors (Lipinski definition) is 6. The molecule has 1 saturated heterocycles. The van der Waals surface area contributed by atoms with Crippen LogP contribution in [0.3, 0.4) is 0 Å². The van der Waals surface area contributed by atoms with Crippen molar-refractivity contribution in [2.75, 3.05) is 20.2 Å². The molecule has 0 radical (unpaired) electrons. The number of rotatable bonds is 7. The van der Waals surface area contributed by atoms with Crippen molar-refractivity contribution in [2.24, 2.45) is 0 Å². The van der Waals surface area contributed by atoms with Gasteiger partial charge in [0.05, 0.1) is 11.5 Å². The summed E-state index contributed by atoms with van der Waals surface area (Å²) in [5.74, 6) is -0.523. The normalized spacial score (nSPS) is 17.5. The van der Waals surface area contributed by atoms with E-state index in [0.29, 0.717) is 37.3 Å². The molecule has 1 aliphatic heterocycles. The number of hydrogen-bond donors (Lipinski definition) is 0. The van der Waals surface area contributed by atoms with E-state index >= 15 is 0 Å². The van der Waals surface area contributed by atoms with Gasteiger partial charge in [-0.05, 0) is 36.6 Å². The van der Waals surface area contributed by atoms with Crippen molar-refractivity contribution >= 4 is 17.5 Å². The van der Waals surface area contributed by atoms with Gasteiger partial charge in [0, 0.05) is 25.2 Å². The third kappa shape index (κ3) is 3.89. The van der Waals surface area contributed by atoms with Crippen LogP contribution >= 0.6 is 11.6 Å². The first-order valence-electron chi connectivity index (χ1n) is 10.3. The van der Waals surface area contributed by atoms with Gasteiger partial charge in [-0.25, -0.2) is 13.2 Å². The van der Waals surface area contributed by atoms with E-state index in [-0.39, 0.29) is 35.2 Å². The van der Waals surface area contributed by atoms with Gasteiger partial charge in [0.1, 0.15) is 18.1 Å². The predicted octanol–water partition coefficient (Wildman–Crippen LogP) is 3.60. The van der Waals surface area contributed by atoms with Gasteiger partial charge in [-0.2, -0.15) is 10.1 Å². The van der Waals surface area contributed by atoms with Gasteiger partial charge in [0.15, 0.2) is 11.5 Å². The molecule has 2 aliphatic rings. The second-order valence-electron chi connectivity index (χ2n) is 8.20. The molecule has 1 saturated carbocycles. The summed E-state index contributed by atoms with van der Waals surface area (Å²) in [4.78, 5) is 18.3. The summed E-state index contributed by atoms with van der Waals surface area (Å²) in [5, 5.41) is 8.39. The average Bonchev–Trinajstić information content (AvgIpc) is 3.18. The van der Waals surface area contributed by atoms with Crippen molar-refractivity contribution in [1.29, 1.82) is 0 Å². The van der Waals surface area contributed by atoms with E-state index < -0.39 is 23.4 Å². The molecule has 8 nitrogen and oxygen atoms in total. The highest BCUT2D eigenvalue weighted by molar-refractivity contribution is 6.31. The number of likely N-dealkylation sites (tertiary alicyclic amines) is 1. The number of alkyl halides is 2. The van der Waals surface area contributed by atoms with Gasteiger partial charge in [-0.3, -0.25) is 9.48 Å². The van der Waals surface area contributed by atoms with E-state index in [1.807, 2.05) is 0 Å². The number of benzene rings is 1. The number of aromatic nitrogens is 4. The van der Waals surface area contributed by atoms with Crippen LogP contribution in [0.25, 0.3) is 11.6 Å². The Morgan fingerprint density at radius 2 is 2.09 bits per heavy atom. The molecule has 0 atom stereocenters. The fraction of sp³-hybridized carbons (Fsp3) is 0.429. The van der Waals surface area contributed by atoms with Gasteiger partial charge in [0.2, 0.25) is 5.91 Å². The van der Waals surface area contributed by atoms with Crippen molar-refractivity contribution < 1.29 is 27.2 Å². The van der Waals surface area contributed by atoms with Crippen LogP contribution in [0.4, 0.5) is 13.2 Å². The Morgan fingerprint density at radius 1 is 1.33 bits per heavy atom. The van der Waals surface area contributed by atoms with Gasteiger partial charge in [0.25, 0.3) is 12.3 Å². The van der Waals surface area contributed by atoms with Crippen molar-refractivity contribution in [2.45, 2.75) is 37.3 Å². The Bertz CT molecular complexity index is 1200. The fourth-order valence-electron chi connectivity index (χ4n) is 3.99. The molecule has 3 heterocycles. The molecule has 0 N–H and O–H groups in total. The van der Waals surface area contributed by atoms with E-state index in [0.717, 1.165) is 10.7 Å². The van der Waals surface area contributed by atoms with Crippen LogP contribution in [-0.4, -0.2) is 57.0 Å². The number of nitrogens with zero attached hydrogens (tertiary/aromatic N) is 5. The zero-order valence-electron chi connectivity index (χ0n) is 17.5. The molecule has 0 spiro atoms. The Morgan fingerprint density at radius 3 is 2.73 bits per heavy atom. The minimum atomic E-state index is -2.85. The maximum absolute atomic E-state index is 13.6. The summed E-state index contributed by atoms with van der Waals surface area (Å²) in [7, 11) is 1.55. The number of carbonyl (C=O) groups is 1. The van der Waals surface area contributed by atoms with E-state index in [9.17, 15) is 18.0 Å². The average molecular weight is 482 g/mol. The Balaban J connectivity index is 1.39. The van der Waals surface area contributed by atoms with Crippen molar-refractivity contribution in [1.82, 2.24) is 24.8 Å². The van der Waals surface area contributed by atoms with E-state index in [2.05, 4.69) is 15.2 Å². The fourth-order valence-corrected chi connectivity index (χ4v) is 4.34. The molecule has 1 amide bonds. The molecule has 2 aromatic heterocycles. The molecule has 33 heavy (non-hydrogen) atoms. The zero-order valence-corrected chi connectivity index (χ0v) is 18.2. The summed E-state index contributed by atoms with van der Waals surface area (Å²) in [5.41, 5.74) is -0.335. The van der Waals surface area contributed by atoms with Crippen LogP contribution in [0.2, 0.25) is 5.02 Å². The van der Waals surface area contributed by atoms with Crippen molar-refractivity contribution in [3.05, 3.63) is 52.2 Å². The van der Waals surface area contributed by atoms with Gasteiger partial charge < -0.3 is 14.2 Å². The van der Waals surface area contributed by atoms with Crippen LogP contribution in [0.15, 0.2) is 28.8 Å². The lowest BCUT2D eigenvalue weighted by Crippen LogP contribution is -2.55. The molecule has 0 unspecified atom stereocenters. The minimum Gasteiger partial charge on any atom is -0.378 e. The molecule has 2 fully saturated rings. The maximum atomic E-state index is 13.6. The standard InChI is InChI=1S/C21H19ClF3N5O3/c1-32-12-8-29(9-12)17(31)10-30-16(18(24)25)7-15(27-30)19-26-20(28-33-19)21(4-5-21)13-3-2-11(23)6-14(13)22/h2-3,6-7,12,18H,4-5,8-10H2,1H3. The Hall–Kier alpha value is -2.92. The maximum Gasteiger partial charge on any atom is 0.280 e. The highest BCUT2D eigenvalue weighted by Crippen LogP contribution is 2.54. The van der Waals surface area contributed by atoms with Crippen LogP contribution in [0.1, 0.15) is 36.3 Å². The topological polar surface area (TPSA) is 86.3 Å². The molecular formula is C21H19ClF3N5O3. The summed E-state index contributed by atoms with van der Waals surface area (Å²) in [6.45, 7) is 0.481. The number of methoxy groups -OCH3 is 1. The number of amides is 1. The second kappa shape index (κ2) is 8.14. The first-order valence-corrected chi connectivity index (χ1v) is 10.6. The minimum absolute atomic E-state index is 0.0382. The third-order valence-corrected chi connectivity index (χ3v) is 6.44. The van der Waals surface area contributed by atoms with Crippen LogP contribution in [-0.2, 0) is 21.5 Å². The Kier molecular flexibility index (Phi) is 5.40. The van der Waals surface area contributed by atoms with Crippen LogP contribution < -0.4 is 0 Å². The van der Waals surface area contributed by atoms with Gasteiger partial charge in [-0.1, -0.05) is 22.8 Å². The SMILES string of the molecule is COC1CN(C(=O)Cn2nc(-c3nc(C4(c5ccc(F)cc5Cl)CC4)no3)cc2C(F)F)C1. The van der Waals surface area contributed by atoms with Crippen molar-refractivity contribution in [3.63, 3.8) is 0 Å². The van der Waals surface area contributed by atoms with E-state index in [4.69, 9.17) is 20.9 Å². The summed E-state index contributed by atoms with van der Waals surface area (Å²) in [6, 6.07) is 5.25. The van der Waals surface area contributed by atoms with E-state index in [1.165, 1.54) is 17.0 Å². The molecule has 5 rings (SSSR count). The zero-order chi connectivity index (χ0) is 23.3. The molecule has 12 heteroatoms. The third-order valence-electron chi connectivity index (χ3n) is 6.12. The molecule has 174 valence electrons. The van der Waals surface area contributed by atoms with Crippen molar-refractivity contribution in [3.8, 4) is 11.6 Å². The highest BCUT2D eigenvalue weighted by atomic mass is 35.5. The first kappa shape index (κ1) is 21.9. The molecule has 1 aromatic carbocycles. The summed E-state index contributed by atoms with van der Waals surface area (Å²) < 4.78 is 52.1. The van der Waals surface area contributed by atoms with Gasteiger partial charge in [-0.15, -0.1) is 0 Å². The summed E-state index contributed by atoms with van der Waals surface area (Å²) >= 11 is 6.23. The predicted molar refractivity (Wildman–Crippen MR) is 109 cm³/mol. The van der Waals surface area contributed by atoms with Crippen LogP contribution in [0.5, 0.6) is 0 Å². The summed E-state index contributed by atoms with van der Waals surface area (Å²) in [6.07, 6.45) is -1.53. The lowest BCUT2D eigenvalue weighted by Gasteiger charge is -2.38. The monoisotopic (exact) mass is 481 g/mol. The molecule has 3 aromatic rings. The molecule has 1 aliphatic carbocycles. The number of ether oxygens (including phenoxy) is 1. The quantitative estimate of drug-likeness (QED) is 0.512. The lowest BCUT2D eigenvalue weighted by atomic mass is 9.95.